The molecule has 96 valence electrons. The van der Waals surface area contributed by atoms with E-state index in [1.807, 2.05) is 6.92 Å². The molecule has 1 atom stereocenters. The molecular weight excluding hydrogens is 252 g/mol. The molecule has 2 heterocycles. The van der Waals surface area contributed by atoms with Crippen molar-refractivity contribution in [2.45, 2.75) is 19.8 Å². The van der Waals surface area contributed by atoms with Crippen LogP contribution < -0.4 is 5.32 Å². The molecule has 0 saturated heterocycles. The summed E-state index contributed by atoms with van der Waals surface area (Å²) in [4.78, 5) is 8.48. The summed E-state index contributed by atoms with van der Waals surface area (Å²) in [6.07, 6.45) is 1.65. The van der Waals surface area contributed by atoms with E-state index >= 15 is 0 Å². The van der Waals surface area contributed by atoms with Gasteiger partial charge in [0.1, 0.15) is 5.69 Å². The van der Waals surface area contributed by atoms with Gasteiger partial charge in [-0.2, -0.15) is 4.98 Å². The molecule has 0 radical (unpaired) electrons. The molecule has 0 bridgehead atoms. The lowest BCUT2D eigenvalue weighted by Crippen LogP contribution is -2.19. The maximum Gasteiger partial charge on any atom is 0.231 e. The molecule has 0 spiro atoms. The third-order valence-electron chi connectivity index (χ3n) is 2.53. The smallest absolute Gasteiger partial charge is 0.231 e. The Morgan fingerprint density at radius 2 is 2.33 bits per heavy atom. The summed E-state index contributed by atoms with van der Waals surface area (Å²) in [7, 11) is 0. The number of halogens is 1. The zero-order valence-corrected chi connectivity index (χ0v) is 11.1. The minimum atomic E-state index is 0.161. The molecule has 1 N–H and O–H groups in total. The number of pyridine rings is 1. The minimum Gasteiger partial charge on any atom is -0.339 e. The van der Waals surface area contributed by atoms with Crippen LogP contribution in [0.25, 0.3) is 11.5 Å². The van der Waals surface area contributed by atoms with Crippen LogP contribution in [-0.4, -0.2) is 28.2 Å². The van der Waals surface area contributed by atoms with Crippen molar-refractivity contribution in [1.29, 1.82) is 0 Å². The Hall–Kier alpha value is -1.46. The molecule has 0 aliphatic heterocycles. The molecular formula is C12H15ClN4O. The van der Waals surface area contributed by atoms with Crippen LogP contribution in [0, 0.1) is 0 Å². The van der Waals surface area contributed by atoms with Gasteiger partial charge in [0.25, 0.3) is 0 Å². The van der Waals surface area contributed by atoms with E-state index in [2.05, 4.69) is 27.4 Å². The lowest BCUT2D eigenvalue weighted by molar-refractivity contribution is 0.355. The van der Waals surface area contributed by atoms with Crippen molar-refractivity contribution in [3.63, 3.8) is 0 Å². The molecule has 0 saturated carbocycles. The molecule has 1 unspecified atom stereocenters. The van der Waals surface area contributed by atoms with Crippen molar-refractivity contribution >= 4 is 11.6 Å². The van der Waals surface area contributed by atoms with Gasteiger partial charge in [-0.3, -0.25) is 4.98 Å². The van der Waals surface area contributed by atoms with Crippen LogP contribution in [0.4, 0.5) is 0 Å². The normalized spacial score (nSPS) is 12.6. The summed E-state index contributed by atoms with van der Waals surface area (Å²) in [5, 5.41) is 7.67. The van der Waals surface area contributed by atoms with Crippen molar-refractivity contribution < 1.29 is 4.52 Å². The highest BCUT2D eigenvalue weighted by Gasteiger charge is 2.16. The Bertz CT molecular complexity index is 514. The summed E-state index contributed by atoms with van der Waals surface area (Å²) < 4.78 is 5.23. The number of hydrogen-bond donors (Lipinski definition) is 1. The maximum atomic E-state index is 6.03. The molecule has 2 aromatic heterocycles. The Balaban J connectivity index is 2.18. The average molecular weight is 267 g/mol. The zero-order chi connectivity index (χ0) is 13.0. The molecule has 18 heavy (non-hydrogen) atoms. The summed E-state index contributed by atoms with van der Waals surface area (Å²) in [5.74, 6) is 1.18. The van der Waals surface area contributed by atoms with E-state index in [0.717, 1.165) is 13.1 Å². The summed E-state index contributed by atoms with van der Waals surface area (Å²) in [5.41, 5.74) is 0.546. The Labute approximate surface area is 111 Å². The van der Waals surface area contributed by atoms with Gasteiger partial charge in [0.15, 0.2) is 0 Å². The lowest BCUT2D eigenvalue weighted by atomic mass is 10.2. The Kier molecular flexibility index (Phi) is 4.28. The van der Waals surface area contributed by atoms with Crippen LogP contribution in [0.3, 0.4) is 0 Å². The van der Waals surface area contributed by atoms with Gasteiger partial charge in [-0.25, -0.2) is 0 Å². The first kappa shape index (κ1) is 13.0. The summed E-state index contributed by atoms with van der Waals surface area (Å²) in [6.45, 7) is 5.80. The maximum absolute atomic E-state index is 6.03. The van der Waals surface area contributed by atoms with E-state index in [0.29, 0.717) is 22.4 Å². The topological polar surface area (TPSA) is 63.8 Å². The van der Waals surface area contributed by atoms with E-state index < -0.39 is 0 Å². The fourth-order valence-corrected chi connectivity index (χ4v) is 1.74. The first-order valence-corrected chi connectivity index (χ1v) is 6.25. The zero-order valence-electron chi connectivity index (χ0n) is 10.4. The third kappa shape index (κ3) is 2.86. The Morgan fingerprint density at radius 1 is 1.50 bits per heavy atom. The number of nitrogens with zero attached hydrogens (tertiary/aromatic N) is 3. The van der Waals surface area contributed by atoms with Gasteiger partial charge in [0.05, 0.1) is 5.02 Å². The highest BCUT2D eigenvalue weighted by Crippen LogP contribution is 2.23. The highest BCUT2D eigenvalue weighted by molar-refractivity contribution is 6.32. The molecule has 0 aromatic carbocycles. The van der Waals surface area contributed by atoms with E-state index in [1.165, 1.54) is 0 Å². The fourth-order valence-electron chi connectivity index (χ4n) is 1.53. The van der Waals surface area contributed by atoms with Gasteiger partial charge in [-0.1, -0.05) is 30.6 Å². The molecule has 5 nitrogen and oxygen atoms in total. The third-order valence-corrected chi connectivity index (χ3v) is 2.84. The van der Waals surface area contributed by atoms with Gasteiger partial charge < -0.3 is 9.84 Å². The number of hydrogen-bond acceptors (Lipinski definition) is 5. The summed E-state index contributed by atoms with van der Waals surface area (Å²) in [6, 6.07) is 3.52. The van der Waals surface area contributed by atoms with E-state index in [4.69, 9.17) is 16.1 Å². The van der Waals surface area contributed by atoms with E-state index in [-0.39, 0.29) is 5.92 Å². The van der Waals surface area contributed by atoms with Crippen LogP contribution in [0.15, 0.2) is 22.9 Å². The van der Waals surface area contributed by atoms with Crippen molar-refractivity contribution in [1.82, 2.24) is 20.4 Å². The molecule has 0 amide bonds. The summed E-state index contributed by atoms with van der Waals surface area (Å²) >= 11 is 6.03. The van der Waals surface area contributed by atoms with Crippen molar-refractivity contribution in [3.8, 4) is 11.5 Å². The van der Waals surface area contributed by atoms with Gasteiger partial charge >= 0.3 is 0 Å². The van der Waals surface area contributed by atoms with Crippen LogP contribution in [0.1, 0.15) is 25.7 Å². The highest BCUT2D eigenvalue weighted by atomic mass is 35.5. The van der Waals surface area contributed by atoms with E-state index in [9.17, 15) is 0 Å². The van der Waals surface area contributed by atoms with Crippen molar-refractivity contribution in [3.05, 3.63) is 29.2 Å². The Morgan fingerprint density at radius 3 is 3.06 bits per heavy atom. The second-order valence-electron chi connectivity index (χ2n) is 4.00. The second-order valence-corrected chi connectivity index (χ2v) is 4.41. The molecule has 2 aromatic rings. The number of rotatable bonds is 5. The molecule has 0 aliphatic rings. The first-order valence-electron chi connectivity index (χ1n) is 5.87. The quantitative estimate of drug-likeness (QED) is 0.901. The SMILES string of the molecule is CCNCC(C)c1nc(-c2ncccc2Cl)no1. The predicted molar refractivity (Wildman–Crippen MR) is 69.5 cm³/mol. The molecule has 0 fully saturated rings. The van der Waals surface area contributed by atoms with Gasteiger partial charge in [-0.15, -0.1) is 0 Å². The van der Waals surface area contributed by atoms with Crippen LogP contribution in [0.2, 0.25) is 5.02 Å². The van der Waals surface area contributed by atoms with E-state index in [1.54, 1.807) is 18.3 Å². The number of likely N-dealkylation sites (N-methyl/N-ethyl adjacent to an activating group) is 1. The van der Waals surface area contributed by atoms with Crippen molar-refractivity contribution in [2.24, 2.45) is 0 Å². The standard InChI is InChI=1S/C12H15ClN4O/c1-3-14-7-8(2)12-16-11(17-18-12)10-9(13)5-4-6-15-10/h4-6,8,14H,3,7H2,1-2H3. The van der Waals surface area contributed by atoms with Gasteiger partial charge in [0.2, 0.25) is 11.7 Å². The van der Waals surface area contributed by atoms with Gasteiger partial charge in [-0.05, 0) is 18.7 Å². The average Bonchev–Trinajstić information content (AvgIpc) is 2.86. The first-order chi connectivity index (χ1) is 8.72. The van der Waals surface area contributed by atoms with Crippen LogP contribution >= 0.6 is 11.6 Å². The predicted octanol–water partition coefficient (Wildman–Crippen LogP) is 2.50. The van der Waals surface area contributed by atoms with Crippen molar-refractivity contribution in [2.75, 3.05) is 13.1 Å². The molecule has 6 heteroatoms. The minimum absolute atomic E-state index is 0.161. The fraction of sp³-hybridized carbons (Fsp3) is 0.417. The number of aromatic nitrogens is 3. The largest absolute Gasteiger partial charge is 0.339 e. The monoisotopic (exact) mass is 266 g/mol. The second kappa shape index (κ2) is 5.93. The number of nitrogens with one attached hydrogen (secondary N) is 1. The van der Waals surface area contributed by atoms with Gasteiger partial charge in [0, 0.05) is 18.7 Å². The lowest BCUT2D eigenvalue weighted by Gasteiger charge is -2.05. The molecule has 2 rings (SSSR count). The van der Waals surface area contributed by atoms with Crippen LogP contribution in [0.5, 0.6) is 0 Å². The van der Waals surface area contributed by atoms with Crippen LogP contribution in [-0.2, 0) is 0 Å². The molecule has 0 aliphatic carbocycles.